The number of hydrogen-bond acceptors (Lipinski definition) is 3. The summed E-state index contributed by atoms with van der Waals surface area (Å²) in [6.07, 6.45) is 13.3. The lowest BCUT2D eigenvalue weighted by atomic mass is 10.1. The van der Waals surface area contributed by atoms with Gasteiger partial charge in [0, 0.05) is 6.54 Å². The molecule has 0 amide bonds. The second-order valence-electron chi connectivity index (χ2n) is 5.33. The van der Waals surface area contributed by atoms with E-state index < -0.39 is 0 Å². The van der Waals surface area contributed by atoms with Crippen molar-refractivity contribution in [2.45, 2.75) is 19.8 Å². The van der Waals surface area contributed by atoms with Crippen LogP contribution in [0.1, 0.15) is 25.3 Å². The number of phenolic OH excluding ortho intramolecular Hbond substituents is 2. The highest BCUT2D eigenvalue weighted by Crippen LogP contribution is 2.25. The maximum absolute atomic E-state index is 9.49. The molecule has 1 aromatic rings. The second kappa shape index (κ2) is 10.1. The molecule has 23 heavy (non-hydrogen) atoms. The molecule has 0 aliphatic rings. The van der Waals surface area contributed by atoms with Crippen molar-refractivity contribution in [2.24, 2.45) is 0 Å². The molecule has 0 aliphatic carbocycles. The van der Waals surface area contributed by atoms with Crippen LogP contribution in [0.5, 0.6) is 11.5 Å². The first kappa shape index (κ1) is 18.4. The summed E-state index contributed by atoms with van der Waals surface area (Å²) < 4.78 is 0. The zero-order valence-electron chi connectivity index (χ0n) is 13.6. The zero-order valence-corrected chi connectivity index (χ0v) is 13.6. The summed E-state index contributed by atoms with van der Waals surface area (Å²) in [6, 6.07) is 4.71. The van der Waals surface area contributed by atoms with Crippen LogP contribution < -0.4 is 5.32 Å². The summed E-state index contributed by atoms with van der Waals surface area (Å²) in [7, 11) is 0. The fraction of sp³-hybridized carbons (Fsp3) is 0.200. The molecule has 0 saturated heterocycles. The van der Waals surface area contributed by atoms with Gasteiger partial charge in [0.1, 0.15) is 0 Å². The first-order valence-electron chi connectivity index (χ1n) is 7.60. The van der Waals surface area contributed by atoms with Crippen LogP contribution in [0, 0.1) is 0 Å². The van der Waals surface area contributed by atoms with Crippen molar-refractivity contribution >= 4 is 6.08 Å². The smallest absolute Gasteiger partial charge is 0.157 e. The van der Waals surface area contributed by atoms with Crippen LogP contribution in [-0.4, -0.2) is 16.8 Å². The lowest BCUT2D eigenvalue weighted by Crippen LogP contribution is -2.06. The van der Waals surface area contributed by atoms with Crippen molar-refractivity contribution in [3.63, 3.8) is 0 Å². The van der Waals surface area contributed by atoms with Gasteiger partial charge in [0.05, 0.1) is 0 Å². The van der Waals surface area contributed by atoms with E-state index >= 15 is 0 Å². The number of phenols is 2. The largest absolute Gasteiger partial charge is 0.504 e. The van der Waals surface area contributed by atoms with Crippen LogP contribution in [0.25, 0.3) is 6.08 Å². The molecular weight excluding hydrogens is 286 g/mol. The third kappa shape index (κ3) is 7.77. The molecule has 1 aromatic carbocycles. The number of benzene rings is 1. The van der Waals surface area contributed by atoms with E-state index in [1.54, 1.807) is 12.1 Å². The Morgan fingerprint density at radius 1 is 1.22 bits per heavy atom. The van der Waals surface area contributed by atoms with Gasteiger partial charge in [-0.25, -0.2) is 0 Å². The average molecular weight is 311 g/mol. The van der Waals surface area contributed by atoms with Crippen molar-refractivity contribution in [3.05, 3.63) is 78.6 Å². The number of rotatable bonds is 9. The molecule has 0 heterocycles. The topological polar surface area (TPSA) is 52.5 Å². The molecule has 0 saturated carbocycles. The van der Waals surface area contributed by atoms with Crippen molar-refractivity contribution in [3.8, 4) is 11.5 Å². The number of nitrogens with one attached hydrogen (secondary N) is 1. The number of allylic oxidation sites excluding steroid dienone is 6. The summed E-state index contributed by atoms with van der Waals surface area (Å²) >= 11 is 0. The molecule has 3 nitrogen and oxygen atoms in total. The van der Waals surface area contributed by atoms with Gasteiger partial charge in [-0.1, -0.05) is 42.5 Å². The van der Waals surface area contributed by atoms with Gasteiger partial charge in [-0.2, -0.15) is 0 Å². The highest BCUT2D eigenvalue weighted by atomic mass is 16.3. The molecule has 122 valence electrons. The van der Waals surface area contributed by atoms with Crippen molar-refractivity contribution in [1.82, 2.24) is 5.32 Å². The number of hydrogen-bond donors (Lipinski definition) is 3. The molecule has 0 fully saturated rings. The van der Waals surface area contributed by atoms with E-state index in [1.807, 2.05) is 37.4 Å². The van der Waals surface area contributed by atoms with Crippen LogP contribution in [0.2, 0.25) is 0 Å². The lowest BCUT2D eigenvalue weighted by Gasteiger charge is -2.01. The van der Waals surface area contributed by atoms with E-state index in [0.717, 1.165) is 30.5 Å². The second-order valence-corrected chi connectivity index (χ2v) is 5.33. The van der Waals surface area contributed by atoms with Gasteiger partial charge >= 0.3 is 0 Å². The molecule has 0 radical (unpaired) electrons. The van der Waals surface area contributed by atoms with Gasteiger partial charge in [-0.05, 0) is 55.3 Å². The molecule has 0 spiro atoms. The number of aromatic hydroxyl groups is 2. The Morgan fingerprint density at radius 3 is 2.65 bits per heavy atom. The van der Waals surface area contributed by atoms with Crippen molar-refractivity contribution in [2.75, 3.05) is 6.54 Å². The van der Waals surface area contributed by atoms with E-state index in [1.165, 1.54) is 17.7 Å². The fourth-order valence-electron chi connectivity index (χ4n) is 1.87. The molecule has 3 N–H and O–H groups in total. The molecule has 1 rings (SSSR count). The minimum Gasteiger partial charge on any atom is -0.504 e. The summed E-state index contributed by atoms with van der Waals surface area (Å²) in [4.78, 5) is 0. The first-order chi connectivity index (χ1) is 11.0. The average Bonchev–Trinajstić information content (AvgIpc) is 2.51. The van der Waals surface area contributed by atoms with Crippen molar-refractivity contribution < 1.29 is 10.2 Å². The summed E-state index contributed by atoms with van der Waals surface area (Å²) in [5.41, 5.74) is 2.97. The maximum atomic E-state index is 9.49. The molecular formula is C20H25NO2. The van der Waals surface area contributed by atoms with Crippen molar-refractivity contribution in [1.29, 1.82) is 0 Å². The lowest BCUT2D eigenvalue weighted by molar-refractivity contribution is 0.403. The van der Waals surface area contributed by atoms with Gasteiger partial charge in [0.15, 0.2) is 11.5 Å². The van der Waals surface area contributed by atoms with E-state index in [-0.39, 0.29) is 11.5 Å². The fourth-order valence-corrected chi connectivity index (χ4v) is 1.87. The normalized spacial score (nSPS) is 12.0. The van der Waals surface area contributed by atoms with Gasteiger partial charge in [-0.3, -0.25) is 0 Å². The van der Waals surface area contributed by atoms with E-state index in [0.29, 0.717) is 0 Å². The highest BCUT2D eigenvalue weighted by Gasteiger charge is 1.97. The maximum Gasteiger partial charge on any atom is 0.157 e. The predicted molar refractivity (Wildman–Crippen MR) is 98.3 cm³/mol. The molecule has 0 unspecified atom stereocenters. The minimum atomic E-state index is -0.129. The Bertz CT molecular complexity index is 625. The van der Waals surface area contributed by atoms with Gasteiger partial charge in [-0.15, -0.1) is 6.58 Å². The third-order valence-electron chi connectivity index (χ3n) is 3.10. The van der Waals surface area contributed by atoms with E-state index in [9.17, 15) is 10.2 Å². The highest BCUT2D eigenvalue weighted by molar-refractivity contribution is 5.58. The quantitative estimate of drug-likeness (QED) is 0.268. The third-order valence-corrected chi connectivity index (χ3v) is 3.10. The SMILES string of the molecule is C=C/C=C(\C=C/NCCCC(=C)C)/C=C/c1ccc(O)c(O)c1. The molecule has 3 heteroatoms. The van der Waals surface area contributed by atoms with Crippen LogP contribution in [0.3, 0.4) is 0 Å². The summed E-state index contributed by atoms with van der Waals surface area (Å²) in [5, 5.41) is 22.0. The molecule has 0 aliphatic heterocycles. The van der Waals surface area contributed by atoms with Crippen LogP contribution in [0.15, 0.2) is 73.0 Å². The zero-order chi connectivity index (χ0) is 17.1. The Balaban J connectivity index is 2.59. The van der Waals surface area contributed by atoms with Gasteiger partial charge in [0.25, 0.3) is 0 Å². The van der Waals surface area contributed by atoms with Crippen LogP contribution >= 0.6 is 0 Å². The Hall–Kier alpha value is -2.68. The molecule has 0 aromatic heterocycles. The van der Waals surface area contributed by atoms with Gasteiger partial charge in [0.2, 0.25) is 0 Å². The first-order valence-corrected chi connectivity index (χ1v) is 7.60. The Labute approximate surface area is 138 Å². The summed E-state index contributed by atoms with van der Waals surface area (Å²) in [6.45, 7) is 10.5. The van der Waals surface area contributed by atoms with Gasteiger partial charge < -0.3 is 15.5 Å². The Morgan fingerprint density at radius 2 is 2.00 bits per heavy atom. The monoisotopic (exact) mass is 311 g/mol. The summed E-state index contributed by atoms with van der Waals surface area (Å²) in [5.74, 6) is -0.251. The predicted octanol–water partition coefficient (Wildman–Crippen LogP) is 4.68. The molecule has 0 atom stereocenters. The molecule has 0 bridgehead atoms. The van der Waals surface area contributed by atoms with Crippen LogP contribution in [-0.2, 0) is 0 Å². The van der Waals surface area contributed by atoms with E-state index in [4.69, 9.17) is 0 Å². The van der Waals surface area contributed by atoms with Crippen LogP contribution in [0.4, 0.5) is 0 Å². The Kier molecular flexibility index (Phi) is 8.08. The minimum absolute atomic E-state index is 0.122. The standard InChI is InChI=1S/C20H25NO2/c1-4-6-17(12-14-21-13-5-7-16(2)3)8-9-18-10-11-19(22)20(23)15-18/h4,6,8-12,14-15,21-23H,1-2,5,7,13H2,3H3/b9-8+,14-12-,17-6-. The van der Waals surface area contributed by atoms with E-state index in [2.05, 4.69) is 18.5 Å².